The van der Waals surface area contributed by atoms with Crippen molar-refractivity contribution in [3.05, 3.63) is 53.5 Å². The van der Waals surface area contributed by atoms with Gasteiger partial charge in [0, 0.05) is 36.8 Å². The molecule has 5 aliphatic rings. The Labute approximate surface area is 205 Å². The Balaban J connectivity index is 1.33. The standard InChI is InChI=1S/C28H32N2O5/c1-29(24(32)9-4-18-10-13-34-16-18)21-7-8-23-27-11-12-30(15-17-2-3-17)22(28(21,27)33)14-19-5-6-20(31)26(35-23)25(19)27/h4-6,9-10,13,16-17,21-23,31,33H,2-3,7-8,11-12,14-15H2,1H3/b9-4+/t21?,22-,23?,27-,28-/m1/s1. The summed E-state index contributed by atoms with van der Waals surface area (Å²) in [7, 11) is 1.82. The van der Waals surface area contributed by atoms with Gasteiger partial charge >= 0.3 is 0 Å². The molecule has 2 saturated carbocycles. The Bertz CT molecular complexity index is 1200. The number of furan rings is 1. The summed E-state index contributed by atoms with van der Waals surface area (Å²) in [5.41, 5.74) is 1.21. The molecule has 3 aliphatic carbocycles. The zero-order chi connectivity index (χ0) is 23.9. The molecule has 1 amide bonds. The molecule has 3 fully saturated rings. The molecule has 1 saturated heterocycles. The first-order valence-electron chi connectivity index (χ1n) is 12.9. The van der Waals surface area contributed by atoms with Crippen LogP contribution < -0.4 is 4.74 Å². The number of ether oxygens (including phenoxy) is 1. The number of piperidine rings is 1. The lowest BCUT2D eigenvalue weighted by Crippen LogP contribution is -2.81. The monoisotopic (exact) mass is 476 g/mol. The van der Waals surface area contributed by atoms with Gasteiger partial charge in [-0.05, 0) is 74.8 Å². The Morgan fingerprint density at radius 2 is 2.11 bits per heavy atom. The van der Waals surface area contributed by atoms with E-state index in [0.29, 0.717) is 24.5 Å². The molecule has 0 radical (unpaired) electrons. The van der Waals surface area contributed by atoms with Crippen molar-refractivity contribution in [1.82, 2.24) is 9.80 Å². The van der Waals surface area contributed by atoms with Crippen molar-refractivity contribution in [1.29, 1.82) is 0 Å². The fraction of sp³-hybridized carbons (Fsp3) is 0.536. The van der Waals surface area contributed by atoms with E-state index < -0.39 is 11.0 Å². The predicted octanol–water partition coefficient (Wildman–Crippen LogP) is 3.09. The summed E-state index contributed by atoms with van der Waals surface area (Å²) in [6.07, 6.45) is 11.7. The van der Waals surface area contributed by atoms with Gasteiger partial charge in [-0.15, -0.1) is 0 Å². The summed E-state index contributed by atoms with van der Waals surface area (Å²) < 4.78 is 11.5. The third kappa shape index (κ3) is 2.82. The lowest BCUT2D eigenvalue weighted by molar-refractivity contribution is -0.217. The summed E-state index contributed by atoms with van der Waals surface area (Å²) in [6.45, 7) is 1.91. The van der Waals surface area contributed by atoms with Gasteiger partial charge in [0.2, 0.25) is 5.91 Å². The Kier molecular flexibility index (Phi) is 4.53. The first-order chi connectivity index (χ1) is 16.9. The lowest BCUT2D eigenvalue weighted by atomic mass is 9.47. The molecule has 1 aromatic heterocycles. The molecule has 7 heteroatoms. The fourth-order valence-corrected chi connectivity index (χ4v) is 7.79. The van der Waals surface area contributed by atoms with Gasteiger partial charge < -0.3 is 24.3 Å². The summed E-state index contributed by atoms with van der Waals surface area (Å²) in [5.74, 6) is 1.28. The topological polar surface area (TPSA) is 86.4 Å². The van der Waals surface area contributed by atoms with Gasteiger partial charge in [0.25, 0.3) is 0 Å². The van der Waals surface area contributed by atoms with Crippen molar-refractivity contribution in [2.45, 2.75) is 67.7 Å². The minimum absolute atomic E-state index is 0.0932. The Hall–Kier alpha value is -2.77. The number of amides is 1. The molecular weight excluding hydrogens is 444 g/mol. The van der Waals surface area contributed by atoms with E-state index in [1.807, 2.05) is 19.2 Å². The number of rotatable bonds is 5. The highest BCUT2D eigenvalue weighted by Crippen LogP contribution is 2.66. The SMILES string of the molecule is CN(C(=O)/C=C/c1ccoc1)C1CCC2Oc3c(O)ccc4c3[C@@]23CCN(CC2CC2)[C@H](C4)[C@]13O. The van der Waals surface area contributed by atoms with E-state index in [-0.39, 0.29) is 29.8 Å². The van der Waals surface area contributed by atoms with Crippen molar-refractivity contribution in [2.75, 3.05) is 20.1 Å². The molecule has 2 N–H and O–H groups in total. The van der Waals surface area contributed by atoms with Gasteiger partial charge in [-0.1, -0.05) is 6.07 Å². The zero-order valence-corrected chi connectivity index (χ0v) is 20.0. The second-order valence-corrected chi connectivity index (χ2v) is 11.2. The maximum atomic E-state index is 13.3. The predicted molar refractivity (Wildman–Crippen MR) is 129 cm³/mol. The normalized spacial score (nSPS) is 35.1. The van der Waals surface area contributed by atoms with E-state index in [9.17, 15) is 15.0 Å². The molecule has 2 aliphatic heterocycles. The number of aromatic hydroxyl groups is 1. The molecule has 1 spiro atoms. The number of nitrogens with zero attached hydrogens (tertiary/aromatic N) is 2. The van der Waals surface area contributed by atoms with E-state index in [4.69, 9.17) is 9.15 Å². The van der Waals surface area contributed by atoms with Crippen LogP contribution >= 0.6 is 0 Å². The van der Waals surface area contributed by atoms with Crippen molar-refractivity contribution in [3.8, 4) is 11.5 Å². The highest BCUT2D eigenvalue weighted by Gasteiger charge is 2.74. The minimum Gasteiger partial charge on any atom is -0.504 e. The van der Waals surface area contributed by atoms with Crippen molar-refractivity contribution in [2.24, 2.45) is 5.92 Å². The number of hydrogen-bond donors (Lipinski definition) is 2. The minimum atomic E-state index is -1.16. The third-order valence-electron chi connectivity index (χ3n) is 9.53. The van der Waals surface area contributed by atoms with Gasteiger partial charge in [-0.25, -0.2) is 0 Å². The van der Waals surface area contributed by atoms with Crippen LogP contribution in [0.25, 0.3) is 6.08 Å². The van der Waals surface area contributed by atoms with E-state index in [1.54, 1.807) is 35.6 Å². The van der Waals surface area contributed by atoms with Gasteiger partial charge in [0.15, 0.2) is 11.5 Å². The van der Waals surface area contributed by atoms with E-state index in [2.05, 4.69) is 4.90 Å². The average molecular weight is 477 g/mol. The number of hydrogen-bond acceptors (Lipinski definition) is 6. The molecule has 3 heterocycles. The van der Waals surface area contributed by atoms with Crippen molar-refractivity contribution in [3.63, 3.8) is 0 Å². The molecule has 1 aromatic carbocycles. The van der Waals surface area contributed by atoms with E-state index in [1.165, 1.54) is 18.4 Å². The van der Waals surface area contributed by atoms with Gasteiger partial charge in [0.05, 0.1) is 24.0 Å². The molecule has 35 heavy (non-hydrogen) atoms. The molecular formula is C28H32N2O5. The van der Waals surface area contributed by atoms with Crippen molar-refractivity contribution < 1.29 is 24.2 Å². The zero-order valence-electron chi connectivity index (χ0n) is 20.0. The van der Waals surface area contributed by atoms with Gasteiger partial charge in [0.1, 0.15) is 11.7 Å². The van der Waals surface area contributed by atoms with Crippen LogP contribution in [0.3, 0.4) is 0 Å². The van der Waals surface area contributed by atoms with Crippen LogP contribution in [0.15, 0.2) is 41.2 Å². The van der Waals surface area contributed by atoms with Crippen LogP contribution in [0.4, 0.5) is 0 Å². The number of likely N-dealkylation sites (tertiary alicyclic amines) is 1. The molecule has 7 rings (SSSR count). The Morgan fingerprint density at radius 1 is 1.26 bits per heavy atom. The number of likely N-dealkylation sites (N-methyl/N-ethyl adjacent to an activating group) is 1. The quantitative estimate of drug-likeness (QED) is 0.645. The van der Waals surface area contributed by atoms with Crippen LogP contribution in [0.5, 0.6) is 11.5 Å². The second-order valence-electron chi connectivity index (χ2n) is 11.2. The average Bonchev–Trinajstić information content (AvgIpc) is 3.36. The van der Waals surface area contributed by atoms with Crippen LogP contribution in [0.1, 0.15) is 48.8 Å². The van der Waals surface area contributed by atoms with Crippen LogP contribution in [0, 0.1) is 5.92 Å². The molecule has 2 bridgehead atoms. The highest BCUT2D eigenvalue weighted by atomic mass is 16.5. The summed E-state index contributed by atoms with van der Waals surface area (Å²) in [4.78, 5) is 17.6. The fourth-order valence-electron chi connectivity index (χ4n) is 7.79. The van der Waals surface area contributed by atoms with E-state index >= 15 is 0 Å². The largest absolute Gasteiger partial charge is 0.504 e. The van der Waals surface area contributed by atoms with Crippen LogP contribution in [-0.2, 0) is 16.6 Å². The molecule has 184 valence electrons. The maximum Gasteiger partial charge on any atom is 0.246 e. The lowest BCUT2D eigenvalue weighted by Gasteiger charge is -2.66. The second kappa shape index (κ2) is 7.37. The number of benzene rings is 1. The molecule has 2 aromatic rings. The summed E-state index contributed by atoms with van der Waals surface area (Å²) >= 11 is 0. The molecule has 2 unspecified atom stereocenters. The Morgan fingerprint density at radius 3 is 2.89 bits per heavy atom. The first kappa shape index (κ1) is 21.5. The van der Waals surface area contributed by atoms with Crippen LogP contribution in [0.2, 0.25) is 0 Å². The molecule has 7 nitrogen and oxygen atoms in total. The summed E-state index contributed by atoms with van der Waals surface area (Å²) in [5, 5.41) is 23.7. The van der Waals surface area contributed by atoms with Crippen molar-refractivity contribution >= 4 is 12.0 Å². The highest BCUT2D eigenvalue weighted by molar-refractivity contribution is 5.92. The number of carbonyl (C=O) groups excluding carboxylic acids is 1. The first-order valence-corrected chi connectivity index (χ1v) is 12.9. The third-order valence-corrected chi connectivity index (χ3v) is 9.53. The van der Waals surface area contributed by atoms with Crippen LogP contribution in [-0.4, -0.2) is 69.8 Å². The molecule has 5 atom stereocenters. The van der Waals surface area contributed by atoms with E-state index in [0.717, 1.165) is 37.1 Å². The number of phenolic OH excluding ortho intramolecular Hbond substituents is 1. The van der Waals surface area contributed by atoms with Gasteiger partial charge in [-0.3, -0.25) is 9.69 Å². The number of phenols is 1. The number of carbonyl (C=O) groups is 1. The summed E-state index contributed by atoms with van der Waals surface area (Å²) in [6, 6.07) is 5.12. The number of aliphatic hydroxyl groups is 1. The van der Waals surface area contributed by atoms with Gasteiger partial charge in [-0.2, -0.15) is 0 Å². The smallest absolute Gasteiger partial charge is 0.246 e. The maximum absolute atomic E-state index is 13.3.